The van der Waals surface area contributed by atoms with E-state index in [4.69, 9.17) is 15.3 Å². The van der Waals surface area contributed by atoms with Gasteiger partial charge < -0.3 is 25.5 Å². The molecule has 0 aromatic heterocycles. The number of amides is 2. The topological polar surface area (TPSA) is 110 Å². The third kappa shape index (κ3) is 3.86. The third-order valence-electron chi connectivity index (χ3n) is 2.87. The first-order valence-electron chi connectivity index (χ1n) is 5.47. The van der Waals surface area contributed by atoms with E-state index in [-0.39, 0.29) is 12.0 Å². The van der Waals surface area contributed by atoms with Gasteiger partial charge in [-0.25, -0.2) is 9.59 Å². The number of carbonyl (C=O) groups is 2. The van der Waals surface area contributed by atoms with Gasteiger partial charge in [0.25, 0.3) is 0 Å². The van der Waals surface area contributed by atoms with Gasteiger partial charge in [-0.3, -0.25) is 0 Å². The average Bonchev–Trinajstić information content (AvgIpc) is 2.22. The second-order valence-corrected chi connectivity index (χ2v) is 4.39. The Morgan fingerprint density at radius 2 is 2.06 bits per heavy atom. The third-order valence-corrected chi connectivity index (χ3v) is 2.87. The van der Waals surface area contributed by atoms with Gasteiger partial charge in [-0.05, 0) is 18.8 Å². The number of nitrogens with zero attached hydrogens (tertiary/aromatic N) is 1. The van der Waals surface area contributed by atoms with Crippen molar-refractivity contribution in [3.63, 3.8) is 0 Å². The number of aliphatic hydroxyl groups is 2. The molecule has 0 radical (unpaired) electrons. The van der Waals surface area contributed by atoms with Gasteiger partial charge in [0, 0.05) is 13.6 Å². The zero-order valence-corrected chi connectivity index (χ0v) is 9.67. The van der Waals surface area contributed by atoms with Gasteiger partial charge in [0.1, 0.15) is 0 Å². The SMILES string of the molecule is CN(CC1CC(O)C1)C(=O)NC(CO)C(=O)O. The van der Waals surface area contributed by atoms with E-state index < -0.39 is 24.6 Å². The maximum Gasteiger partial charge on any atom is 0.328 e. The van der Waals surface area contributed by atoms with Crippen LogP contribution in [0.25, 0.3) is 0 Å². The lowest BCUT2D eigenvalue weighted by molar-refractivity contribution is -0.140. The Morgan fingerprint density at radius 1 is 1.47 bits per heavy atom. The normalized spacial score (nSPS) is 24.6. The van der Waals surface area contributed by atoms with Crippen molar-refractivity contribution in [2.45, 2.75) is 25.0 Å². The molecule has 1 aliphatic carbocycles. The molecule has 0 spiro atoms. The first-order chi connectivity index (χ1) is 7.93. The smallest absolute Gasteiger partial charge is 0.328 e. The molecule has 1 unspecified atom stereocenters. The maximum absolute atomic E-state index is 11.6. The summed E-state index contributed by atoms with van der Waals surface area (Å²) < 4.78 is 0. The number of hydrogen-bond acceptors (Lipinski definition) is 4. The van der Waals surface area contributed by atoms with Crippen LogP contribution in [-0.4, -0.2) is 64.6 Å². The molecule has 1 atom stereocenters. The molecule has 1 rings (SSSR count). The quantitative estimate of drug-likeness (QED) is 0.489. The monoisotopic (exact) mass is 246 g/mol. The van der Waals surface area contributed by atoms with Crippen LogP contribution in [-0.2, 0) is 4.79 Å². The van der Waals surface area contributed by atoms with E-state index in [0.29, 0.717) is 19.4 Å². The minimum absolute atomic E-state index is 0.262. The minimum atomic E-state index is -1.28. The van der Waals surface area contributed by atoms with Crippen molar-refractivity contribution in [1.29, 1.82) is 0 Å². The number of aliphatic carboxylic acids is 1. The van der Waals surface area contributed by atoms with Crippen LogP contribution in [0.2, 0.25) is 0 Å². The minimum Gasteiger partial charge on any atom is -0.480 e. The highest BCUT2D eigenvalue weighted by Crippen LogP contribution is 2.27. The van der Waals surface area contributed by atoms with Crippen LogP contribution >= 0.6 is 0 Å². The Balaban J connectivity index is 2.33. The van der Waals surface area contributed by atoms with E-state index in [1.54, 1.807) is 7.05 Å². The second kappa shape index (κ2) is 5.83. The summed E-state index contributed by atoms with van der Waals surface area (Å²) in [6.45, 7) is -0.169. The molecule has 0 aromatic carbocycles. The summed E-state index contributed by atoms with van der Waals surface area (Å²) in [4.78, 5) is 23.5. The van der Waals surface area contributed by atoms with Gasteiger partial charge in [-0.1, -0.05) is 0 Å². The second-order valence-electron chi connectivity index (χ2n) is 4.39. The fraction of sp³-hybridized carbons (Fsp3) is 0.800. The number of carbonyl (C=O) groups excluding carboxylic acids is 1. The molecule has 98 valence electrons. The molecule has 0 heterocycles. The van der Waals surface area contributed by atoms with Gasteiger partial charge >= 0.3 is 12.0 Å². The molecule has 7 nitrogen and oxygen atoms in total. The first-order valence-corrected chi connectivity index (χ1v) is 5.47. The van der Waals surface area contributed by atoms with Crippen molar-refractivity contribution in [1.82, 2.24) is 10.2 Å². The van der Waals surface area contributed by atoms with E-state index in [0.717, 1.165) is 0 Å². The van der Waals surface area contributed by atoms with Gasteiger partial charge in [0.05, 0.1) is 12.7 Å². The molecule has 7 heteroatoms. The highest BCUT2D eigenvalue weighted by atomic mass is 16.4. The molecule has 4 N–H and O–H groups in total. The van der Waals surface area contributed by atoms with Crippen LogP contribution in [0.1, 0.15) is 12.8 Å². The van der Waals surface area contributed by atoms with Crippen LogP contribution in [0.4, 0.5) is 4.79 Å². The molecule has 1 fully saturated rings. The summed E-state index contributed by atoms with van der Waals surface area (Å²) in [5.41, 5.74) is 0. The van der Waals surface area contributed by atoms with E-state index >= 15 is 0 Å². The Hall–Kier alpha value is -1.34. The molecule has 0 saturated heterocycles. The fourth-order valence-electron chi connectivity index (χ4n) is 1.76. The lowest BCUT2D eigenvalue weighted by Crippen LogP contribution is -2.50. The highest BCUT2D eigenvalue weighted by Gasteiger charge is 2.29. The molecule has 0 aromatic rings. The summed E-state index contributed by atoms with van der Waals surface area (Å²) in [5, 5.41) is 28.7. The van der Waals surface area contributed by atoms with Gasteiger partial charge in [-0.2, -0.15) is 0 Å². The van der Waals surface area contributed by atoms with Crippen molar-refractivity contribution in [2.24, 2.45) is 5.92 Å². The fourth-order valence-corrected chi connectivity index (χ4v) is 1.76. The van der Waals surface area contributed by atoms with E-state index in [1.165, 1.54) is 4.90 Å². The molecule has 17 heavy (non-hydrogen) atoms. The van der Waals surface area contributed by atoms with Crippen molar-refractivity contribution < 1.29 is 24.9 Å². The Labute approximate surface area is 99.0 Å². The number of carboxylic acid groups (broad SMARTS) is 1. The number of hydrogen-bond donors (Lipinski definition) is 4. The summed E-state index contributed by atoms with van der Waals surface area (Å²) >= 11 is 0. The van der Waals surface area contributed by atoms with E-state index in [1.807, 2.05) is 0 Å². The van der Waals surface area contributed by atoms with Gasteiger partial charge in [0.15, 0.2) is 6.04 Å². The van der Waals surface area contributed by atoms with Crippen LogP contribution in [0.15, 0.2) is 0 Å². The molecule has 0 aliphatic heterocycles. The molecular weight excluding hydrogens is 228 g/mol. The van der Waals surface area contributed by atoms with Crippen molar-refractivity contribution in [3.8, 4) is 0 Å². The summed E-state index contributed by atoms with van der Waals surface area (Å²) in [5.74, 6) is -1.01. The highest BCUT2D eigenvalue weighted by molar-refractivity contribution is 5.82. The number of aliphatic hydroxyl groups excluding tert-OH is 2. The van der Waals surface area contributed by atoms with Crippen LogP contribution in [0, 0.1) is 5.92 Å². The number of nitrogens with one attached hydrogen (secondary N) is 1. The summed E-state index contributed by atoms with van der Waals surface area (Å²) in [6, 6.07) is -1.82. The van der Waals surface area contributed by atoms with Crippen molar-refractivity contribution in [3.05, 3.63) is 0 Å². The van der Waals surface area contributed by atoms with E-state index in [2.05, 4.69) is 5.32 Å². The Bertz CT molecular complexity index is 290. The zero-order valence-electron chi connectivity index (χ0n) is 9.67. The van der Waals surface area contributed by atoms with Crippen molar-refractivity contribution in [2.75, 3.05) is 20.2 Å². The van der Waals surface area contributed by atoms with Crippen molar-refractivity contribution >= 4 is 12.0 Å². The Morgan fingerprint density at radius 3 is 2.47 bits per heavy atom. The molecule has 1 aliphatic rings. The largest absolute Gasteiger partial charge is 0.480 e. The number of urea groups is 1. The first kappa shape index (κ1) is 13.7. The standard InChI is InChI=1S/C10H18N2O5/c1-12(4-6-2-7(14)3-6)10(17)11-8(5-13)9(15)16/h6-8,13-14H,2-5H2,1H3,(H,11,17)(H,15,16). The predicted molar refractivity (Wildman–Crippen MR) is 58.4 cm³/mol. The summed E-state index contributed by atoms with van der Waals surface area (Å²) in [6.07, 6.45) is 1.06. The Kier molecular flexibility index (Phi) is 4.71. The zero-order chi connectivity index (χ0) is 13.0. The maximum atomic E-state index is 11.6. The van der Waals surface area contributed by atoms with Crippen LogP contribution in [0.5, 0.6) is 0 Å². The van der Waals surface area contributed by atoms with E-state index in [9.17, 15) is 9.59 Å². The van der Waals surface area contributed by atoms with Crippen LogP contribution < -0.4 is 5.32 Å². The lowest BCUT2D eigenvalue weighted by Gasteiger charge is -2.34. The predicted octanol–water partition coefficient (Wildman–Crippen LogP) is -1.16. The lowest BCUT2D eigenvalue weighted by atomic mass is 9.82. The number of rotatable bonds is 5. The number of carboxylic acids is 1. The van der Waals surface area contributed by atoms with Crippen LogP contribution in [0.3, 0.4) is 0 Å². The molecule has 2 amide bonds. The molecular formula is C10H18N2O5. The molecule has 0 bridgehead atoms. The molecule has 1 saturated carbocycles. The van der Waals surface area contributed by atoms with Gasteiger partial charge in [0.2, 0.25) is 0 Å². The van der Waals surface area contributed by atoms with Gasteiger partial charge in [-0.15, -0.1) is 0 Å². The summed E-state index contributed by atoms with van der Waals surface area (Å²) in [7, 11) is 1.55. The average molecular weight is 246 g/mol.